The number of dihydropyridines is 1. The molecule has 1 radical (unpaired) electrons. The predicted molar refractivity (Wildman–Crippen MR) is 90.6 cm³/mol. The number of benzene rings is 1. The maximum absolute atomic E-state index is 13.0. The molecule has 1 atom stereocenters. The van der Waals surface area contributed by atoms with Crippen LogP contribution in [0.4, 0.5) is 4.39 Å². The highest BCUT2D eigenvalue weighted by molar-refractivity contribution is 5.24. The molecular weight excluding hydrogens is 305 g/mol. The number of nitrogens with zero attached hydrogens (tertiary/aromatic N) is 2. The first-order chi connectivity index (χ1) is 11.8. The standard InChI is InChI=1S/C19H23FN3O/c20-15-5-9-17(10-6-15)24-19-4-1-3-18(21-19)23-12-2-11-22(13-14-23)16-7-8-16/h1,4-6,9-10,16,19,21H,2,7-8,11-14H2. The van der Waals surface area contributed by atoms with E-state index in [1.807, 2.05) is 12.2 Å². The van der Waals surface area contributed by atoms with E-state index in [-0.39, 0.29) is 12.0 Å². The van der Waals surface area contributed by atoms with E-state index in [0.29, 0.717) is 5.75 Å². The third kappa shape index (κ3) is 3.73. The second-order valence-electron chi connectivity index (χ2n) is 6.60. The Kier molecular flexibility index (Phi) is 4.43. The fourth-order valence-corrected chi connectivity index (χ4v) is 3.32. The van der Waals surface area contributed by atoms with Gasteiger partial charge in [0.2, 0.25) is 0 Å². The van der Waals surface area contributed by atoms with Crippen molar-refractivity contribution in [1.29, 1.82) is 0 Å². The van der Waals surface area contributed by atoms with Gasteiger partial charge in [0.15, 0.2) is 6.23 Å². The first-order valence-electron chi connectivity index (χ1n) is 8.76. The second-order valence-corrected chi connectivity index (χ2v) is 6.60. The van der Waals surface area contributed by atoms with E-state index in [9.17, 15) is 4.39 Å². The lowest BCUT2D eigenvalue weighted by molar-refractivity contribution is 0.193. The summed E-state index contributed by atoms with van der Waals surface area (Å²) in [5.41, 5.74) is 0. The molecule has 0 spiro atoms. The number of rotatable bonds is 4. The molecule has 5 heteroatoms. The van der Waals surface area contributed by atoms with Gasteiger partial charge in [-0.1, -0.05) is 0 Å². The van der Waals surface area contributed by atoms with Crippen LogP contribution in [0.3, 0.4) is 0 Å². The summed E-state index contributed by atoms with van der Waals surface area (Å²) in [6.07, 6.45) is 10.8. The summed E-state index contributed by atoms with van der Waals surface area (Å²) in [6.45, 7) is 4.36. The van der Waals surface area contributed by atoms with Crippen molar-refractivity contribution in [3.8, 4) is 5.75 Å². The van der Waals surface area contributed by atoms with Crippen molar-refractivity contribution in [1.82, 2.24) is 15.1 Å². The third-order valence-electron chi connectivity index (χ3n) is 4.76. The zero-order valence-electron chi connectivity index (χ0n) is 13.7. The van der Waals surface area contributed by atoms with Crippen molar-refractivity contribution in [2.45, 2.75) is 31.5 Å². The predicted octanol–water partition coefficient (Wildman–Crippen LogP) is 2.50. The molecule has 4 nitrogen and oxygen atoms in total. The molecule has 0 bridgehead atoms. The zero-order chi connectivity index (χ0) is 16.4. The number of ether oxygens (including phenoxy) is 1. The van der Waals surface area contributed by atoms with Crippen LogP contribution in [0, 0.1) is 11.9 Å². The highest BCUT2D eigenvalue weighted by Crippen LogP contribution is 2.28. The fraction of sp³-hybridized carbons (Fsp3) is 0.474. The topological polar surface area (TPSA) is 27.7 Å². The summed E-state index contributed by atoms with van der Waals surface area (Å²) < 4.78 is 18.9. The Morgan fingerprint density at radius 2 is 1.92 bits per heavy atom. The van der Waals surface area contributed by atoms with Gasteiger partial charge in [0.1, 0.15) is 17.4 Å². The minimum atomic E-state index is -0.256. The Bertz CT molecular complexity index is 624. The number of hydrogen-bond acceptors (Lipinski definition) is 4. The lowest BCUT2D eigenvalue weighted by Crippen LogP contribution is -2.42. The lowest BCUT2D eigenvalue weighted by atomic mass is 10.3. The highest BCUT2D eigenvalue weighted by atomic mass is 19.1. The van der Waals surface area contributed by atoms with Crippen LogP contribution < -0.4 is 10.1 Å². The molecule has 0 aromatic heterocycles. The molecule has 1 aromatic carbocycles. The normalized spacial score (nSPS) is 25.0. The highest BCUT2D eigenvalue weighted by Gasteiger charge is 2.30. The van der Waals surface area contributed by atoms with Crippen molar-refractivity contribution in [2.75, 3.05) is 26.2 Å². The maximum Gasteiger partial charge on any atom is 0.190 e. The molecule has 24 heavy (non-hydrogen) atoms. The average Bonchev–Trinajstić information content (AvgIpc) is 3.43. The zero-order valence-corrected chi connectivity index (χ0v) is 13.7. The van der Waals surface area contributed by atoms with E-state index in [2.05, 4.69) is 21.2 Å². The summed E-state index contributed by atoms with van der Waals surface area (Å²) in [7, 11) is 0. The fourth-order valence-electron chi connectivity index (χ4n) is 3.32. The molecule has 1 unspecified atom stereocenters. The molecule has 4 rings (SSSR count). The summed E-state index contributed by atoms with van der Waals surface area (Å²) in [5, 5.41) is 3.38. The second kappa shape index (κ2) is 6.85. The minimum Gasteiger partial charge on any atom is -0.467 e. The van der Waals surface area contributed by atoms with Gasteiger partial charge in [0.25, 0.3) is 0 Å². The SMILES string of the molecule is Fc1ccc(OC2C=C[C]=C(N3CCCN(C4CC4)CC3)N2)cc1. The van der Waals surface area contributed by atoms with Gasteiger partial charge < -0.3 is 15.0 Å². The number of halogens is 1. The van der Waals surface area contributed by atoms with Crippen LogP contribution in [0.5, 0.6) is 5.75 Å². The van der Waals surface area contributed by atoms with Crippen LogP contribution in [-0.2, 0) is 0 Å². The summed E-state index contributed by atoms with van der Waals surface area (Å²) in [6, 6.07) is 6.94. The van der Waals surface area contributed by atoms with Crippen molar-refractivity contribution in [2.24, 2.45) is 0 Å². The van der Waals surface area contributed by atoms with E-state index in [4.69, 9.17) is 4.74 Å². The van der Waals surface area contributed by atoms with Gasteiger partial charge in [0, 0.05) is 38.3 Å². The van der Waals surface area contributed by atoms with Crippen LogP contribution >= 0.6 is 0 Å². The Balaban J connectivity index is 1.35. The van der Waals surface area contributed by atoms with E-state index in [1.54, 1.807) is 12.1 Å². The van der Waals surface area contributed by atoms with E-state index >= 15 is 0 Å². The summed E-state index contributed by atoms with van der Waals surface area (Å²) in [4.78, 5) is 4.97. The quantitative estimate of drug-likeness (QED) is 0.919. The molecule has 0 amide bonds. The molecule has 2 fully saturated rings. The molecule has 2 heterocycles. The van der Waals surface area contributed by atoms with Gasteiger partial charge in [0.05, 0.1) is 0 Å². The monoisotopic (exact) mass is 328 g/mol. The van der Waals surface area contributed by atoms with Gasteiger partial charge in [-0.25, -0.2) is 4.39 Å². The van der Waals surface area contributed by atoms with Crippen molar-refractivity contribution in [3.05, 3.63) is 54.1 Å². The van der Waals surface area contributed by atoms with Crippen molar-refractivity contribution < 1.29 is 9.13 Å². The molecule has 1 N–H and O–H groups in total. The molecular formula is C19H23FN3O. The van der Waals surface area contributed by atoms with Gasteiger partial charge in [-0.3, -0.25) is 4.90 Å². The summed E-state index contributed by atoms with van der Waals surface area (Å²) in [5.74, 6) is 1.38. The van der Waals surface area contributed by atoms with Gasteiger partial charge in [-0.15, -0.1) is 0 Å². The molecule has 1 aliphatic carbocycles. The van der Waals surface area contributed by atoms with E-state index < -0.39 is 0 Å². The van der Waals surface area contributed by atoms with E-state index in [0.717, 1.165) is 31.5 Å². The van der Waals surface area contributed by atoms with Crippen molar-refractivity contribution in [3.63, 3.8) is 0 Å². The Morgan fingerprint density at radius 1 is 1.08 bits per heavy atom. The molecule has 1 saturated carbocycles. The largest absolute Gasteiger partial charge is 0.467 e. The van der Waals surface area contributed by atoms with Crippen LogP contribution in [0.2, 0.25) is 0 Å². The number of nitrogens with one attached hydrogen (secondary N) is 1. The Labute approximate surface area is 142 Å². The average molecular weight is 328 g/mol. The Hall–Kier alpha value is -2.01. The van der Waals surface area contributed by atoms with E-state index in [1.165, 1.54) is 37.9 Å². The van der Waals surface area contributed by atoms with Crippen LogP contribution in [0.1, 0.15) is 19.3 Å². The first-order valence-corrected chi connectivity index (χ1v) is 8.76. The third-order valence-corrected chi connectivity index (χ3v) is 4.76. The van der Waals surface area contributed by atoms with Gasteiger partial charge >= 0.3 is 0 Å². The van der Waals surface area contributed by atoms with Crippen LogP contribution in [0.25, 0.3) is 0 Å². The minimum absolute atomic E-state index is 0.255. The smallest absolute Gasteiger partial charge is 0.190 e. The van der Waals surface area contributed by atoms with Gasteiger partial charge in [-0.2, -0.15) is 0 Å². The summed E-state index contributed by atoms with van der Waals surface area (Å²) >= 11 is 0. The molecule has 3 aliphatic rings. The number of hydrogen-bond donors (Lipinski definition) is 1. The maximum atomic E-state index is 13.0. The van der Waals surface area contributed by atoms with Gasteiger partial charge in [-0.05, 0) is 55.7 Å². The molecule has 1 saturated heterocycles. The lowest BCUT2D eigenvalue weighted by Gasteiger charge is -2.31. The molecule has 127 valence electrons. The van der Waals surface area contributed by atoms with Crippen LogP contribution in [-0.4, -0.2) is 48.2 Å². The molecule has 2 aliphatic heterocycles. The molecule has 1 aromatic rings. The first kappa shape index (κ1) is 15.5. The van der Waals surface area contributed by atoms with Crippen molar-refractivity contribution >= 4 is 0 Å². The Morgan fingerprint density at radius 3 is 2.71 bits per heavy atom. The number of allylic oxidation sites excluding steroid dienone is 2. The van der Waals surface area contributed by atoms with Crippen LogP contribution in [0.15, 0.2) is 42.2 Å².